The molecular weight excluding hydrogens is 576 g/mol. The van der Waals surface area contributed by atoms with Crippen molar-refractivity contribution in [2.75, 3.05) is 23.3 Å². The van der Waals surface area contributed by atoms with Gasteiger partial charge >= 0.3 is 5.97 Å². The Morgan fingerprint density at radius 1 is 1.02 bits per heavy atom. The predicted molar refractivity (Wildman–Crippen MR) is 182 cm³/mol. The van der Waals surface area contributed by atoms with Gasteiger partial charge in [0.25, 0.3) is 0 Å². The molecule has 9 nitrogen and oxygen atoms in total. The summed E-state index contributed by atoms with van der Waals surface area (Å²) >= 11 is 0. The van der Waals surface area contributed by atoms with E-state index in [1.54, 1.807) is 6.07 Å². The Bertz CT molecular complexity index is 1860. The number of hydrogen-bond acceptors (Lipinski definition) is 6. The van der Waals surface area contributed by atoms with E-state index in [0.29, 0.717) is 17.5 Å². The zero-order valence-corrected chi connectivity index (χ0v) is 27.7. The molecule has 2 aliphatic heterocycles. The number of aromatic nitrogens is 3. The highest BCUT2D eigenvalue weighted by molar-refractivity contribution is 6.09. The first-order valence-corrected chi connectivity index (χ1v) is 16.7. The van der Waals surface area contributed by atoms with Crippen LogP contribution < -0.4 is 10.2 Å². The fraction of sp³-hybridized carbons (Fsp3) is 0.459. The van der Waals surface area contributed by atoms with Crippen molar-refractivity contribution >= 4 is 40.1 Å². The van der Waals surface area contributed by atoms with Crippen LogP contribution in [0.3, 0.4) is 0 Å². The number of anilines is 3. The second-order valence-corrected chi connectivity index (χ2v) is 14.3. The zero-order valence-electron chi connectivity index (χ0n) is 27.7. The zero-order chi connectivity index (χ0) is 32.5. The van der Waals surface area contributed by atoms with E-state index >= 15 is 0 Å². The maximum Gasteiger partial charge on any atom is 0.336 e. The third-order valence-electron chi connectivity index (χ3n) is 10.6. The molecule has 1 aliphatic carbocycles. The summed E-state index contributed by atoms with van der Waals surface area (Å²) in [5.74, 6) is -0.181. The summed E-state index contributed by atoms with van der Waals surface area (Å²) < 4.78 is 2.08. The van der Waals surface area contributed by atoms with Crippen molar-refractivity contribution in [2.45, 2.75) is 97.2 Å². The van der Waals surface area contributed by atoms with E-state index < -0.39 is 11.4 Å². The molecule has 0 spiro atoms. The molecule has 0 atom stereocenters. The Morgan fingerprint density at radius 2 is 1.76 bits per heavy atom. The molecule has 4 heterocycles. The number of nitrogens with one attached hydrogen (secondary N) is 1. The molecule has 7 rings (SSSR count). The topological polar surface area (TPSA) is 104 Å². The Hall–Kier alpha value is -4.24. The van der Waals surface area contributed by atoms with Crippen LogP contribution in [-0.4, -0.2) is 61.6 Å². The van der Waals surface area contributed by atoms with Gasteiger partial charge in [-0.15, -0.1) is 0 Å². The van der Waals surface area contributed by atoms with Crippen LogP contribution in [0.1, 0.15) is 92.9 Å². The number of imidazole rings is 1. The smallest absolute Gasteiger partial charge is 0.336 e. The number of fused-ring (bicyclic) bond motifs is 2. The number of pyridine rings is 1. The molecule has 46 heavy (non-hydrogen) atoms. The lowest BCUT2D eigenvalue weighted by Crippen LogP contribution is -2.57. The molecule has 1 saturated carbocycles. The van der Waals surface area contributed by atoms with Crippen molar-refractivity contribution in [1.82, 2.24) is 19.4 Å². The molecule has 4 aromatic rings. The van der Waals surface area contributed by atoms with Gasteiger partial charge in [0.2, 0.25) is 5.91 Å². The molecule has 2 aromatic heterocycles. The van der Waals surface area contributed by atoms with Gasteiger partial charge < -0.3 is 24.8 Å². The SMILES string of the molecule is Cc1cc(Nc2nc(-c3ccc4c(c3)N(C3CC(N5CCCCC5)C3)C(=O)C4(C)C)cc3ncn(C(C)C)c23)cc(C(=O)O)c1C. The number of nitrogens with zero attached hydrogens (tertiary/aromatic N) is 5. The van der Waals surface area contributed by atoms with Crippen LogP contribution in [0.15, 0.2) is 42.7 Å². The molecule has 2 aromatic carbocycles. The molecule has 240 valence electrons. The summed E-state index contributed by atoms with van der Waals surface area (Å²) in [6.07, 6.45) is 7.74. The van der Waals surface area contributed by atoms with Crippen LogP contribution in [0.2, 0.25) is 0 Å². The number of aryl methyl sites for hydroxylation is 1. The van der Waals surface area contributed by atoms with Gasteiger partial charge in [-0.1, -0.05) is 18.6 Å². The van der Waals surface area contributed by atoms with Crippen LogP contribution in [0.5, 0.6) is 0 Å². The minimum Gasteiger partial charge on any atom is -0.478 e. The van der Waals surface area contributed by atoms with Crippen molar-refractivity contribution in [1.29, 1.82) is 0 Å². The molecular formula is C37H44N6O3. The Kier molecular flexibility index (Phi) is 7.42. The third-order valence-corrected chi connectivity index (χ3v) is 10.6. The number of carboxylic acid groups (broad SMARTS) is 1. The summed E-state index contributed by atoms with van der Waals surface area (Å²) in [4.78, 5) is 40.5. The van der Waals surface area contributed by atoms with Crippen LogP contribution in [0.4, 0.5) is 17.2 Å². The van der Waals surface area contributed by atoms with Gasteiger partial charge in [0, 0.05) is 35.1 Å². The first-order chi connectivity index (χ1) is 21.9. The molecule has 0 bridgehead atoms. The highest BCUT2D eigenvalue weighted by Gasteiger charge is 2.50. The molecule has 0 unspecified atom stereocenters. The monoisotopic (exact) mass is 620 g/mol. The minimum atomic E-state index is -0.961. The van der Waals surface area contributed by atoms with Gasteiger partial charge in [-0.25, -0.2) is 14.8 Å². The Balaban J connectivity index is 1.28. The fourth-order valence-corrected chi connectivity index (χ4v) is 7.64. The number of rotatable bonds is 7. The van der Waals surface area contributed by atoms with Crippen molar-refractivity contribution in [3.05, 3.63) is 65.0 Å². The van der Waals surface area contributed by atoms with Crippen LogP contribution in [0, 0.1) is 13.8 Å². The molecule has 1 saturated heterocycles. The number of piperidine rings is 1. The van der Waals surface area contributed by atoms with E-state index in [1.165, 1.54) is 32.4 Å². The summed E-state index contributed by atoms with van der Waals surface area (Å²) in [5, 5.41) is 13.3. The molecule has 2 fully saturated rings. The Morgan fingerprint density at radius 3 is 2.46 bits per heavy atom. The standard InChI is InChI=1S/C37H44N6O3/c1-21(2)42-20-38-31-19-30(40-34(33(31)42)39-25-14-22(3)23(4)28(16-25)35(44)45)24-10-11-29-32(15-24)43(36(46)37(29,5)6)27-17-26(18-27)41-12-8-7-9-13-41/h10-11,14-16,19-21,26-27H,7-9,12-13,17-18H2,1-6H3,(H,39,40)(H,44,45). The lowest BCUT2D eigenvalue weighted by Gasteiger charge is -2.48. The highest BCUT2D eigenvalue weighted by atomic mass is 16.4. The summed E-state index contributed by atoms with van der Waals surface area (Å²) in [6, 6.07) is 12.8. The molecule has 2 N–H and O–H groups in total. The van der Waals surface area contributed by atoms with Gasteiger partial charge in [-0.05, 0) is 121 Å². The average molecular weight is 621 g/mol. The van der Waals surface area contributed by atoms with Gasteiger partial charge in [0.05, 0.1) is 28.5 Å². The van der Waals surface area contributed by atoms with Gasteiger partial charge in [0.15, 0.2) is 5.82 Å². The number of amides is 1. The number of carbonyl (C=O) groups is 2. The van der Waals surface area contributed by atoms with Gasteiger partial charge in [-0.3, -0.25) is 4.79 Å². The number of likely N-dealkylation sites (tertiary alicyclic amines) is 1. The largest absolute Gasteiger partial charge is 0.478 e. The highest BCUT2D eigenvalue weighted by Crippen LogP contribution is 2.48. The van der Waals surface area contributed by atoms with E-state index in [1.807, 2.05) is 46.2 Å². The van der Waals surface area contributed by atoms with Gasteiger partial charge in [0.1, 0.15) is 5.52 Å². The van der Waals surface area contributed by atoms with Crippen molar-refractivity contribution in [3.8, 4) is 11.3 Å². The van der Waals surface area contributed by atoms with E-state index in [-0.39, 0.29) is 23.6 Å². The fourth-order valence-electron chi connectivity index (χ4n) is 7.64. The second kappa shape index (κ2) is 11.2. The number of carbonyl (C=O) groups excluding carboxylic acids is 1. The summed E-state index contributed by atoms with van der Waals surface area (Å²) in [7, 11) is 0. The average Bonchev–Trinajstić information content (AvgIpc) is 3.52. The van der Waals surface area contributed by atoms with Crippen molar-refractivity contribution in [3.63, 3.8) is 0 Å². The molecule has 0 radical (unpaired) electrons. The number of hydrogen-bond donors (Lipinski definition) is 2. The number of carboxylic acids is 1. The van der Waals surface area contributed by atoms with E-state index in [0.717, 1.165) is 57.5 Å². The molecule has 1 amide bonds. The van der Waals surface area contributed by atoms with E-state index in [9.17, 15) is 14.7 Å². The number of aromatic carboxylic acids is 1. The third kappa shape index (κ3) is 4.96. The lowest BCUT2D eigenvalue weighted by molar-refractivity contribution is -0.123. The minimum absolute atomic E-state index is 0.144. The first-order valence-electron chi connectivity index (χ1n) is 16.7. The van der Waals surface area contributed by atoms with Crippen molar-refractivity contribution in [2.24, 2.45) is 0 Å². The van der Waals surface area contributed by atoms with E-state index in [4.69, 9.17) is 9.97 Å². The second-order valence-electron chi connectivity index (χ2n) is 14.3. The Labute approximate surface area is 270 Å². The summed E-state index contributed by atoms with van der Waals surface area (Å²) in [6.45, 7) is 14.4. The molecule has 3 aliphatic rings. The van der Waals surface area contributed by atoms with Crippen LogP contribution in [0.25, 0.3) is 22.3 Å². The van der Waals surface area contributed by atoms with E-state index in [2.05, 4.69) is 51.7 Å². The first kappa shape index (κ1) is 30.4. The quantitative estimate of drug-likeness (QED) is 0.222. The lowest BCUT2D eigenvalue weighted by atomic mass is 9.82. The predicted octanol–water partition coefficient (Wildman–Crippen LogP) is 7.38. The van der Waals surface area contributed by atoms with Crippen LogP contribution in [-0.2, 0) is 10.2 Å². The maximum atomic E-state index is 13.9. The van der Waals surface area contributed by atoms with Crippen LogP contribution >= 0.6 is 0 Å². The normalized spacial score (nSPS) is 21.1. The number of benzene rings is 2. The maximum absolute atomic E-state index is 13.9. The van der Waals surface area contributed by atoms with Gasteiger partial charge in [-0.2, -0.15) is 0 Å². The summed E-state index contributed by atoms with van der Waals surface area (Å²) in [5.41, 5.74) is 7.30. The van der Waals surface area contributed by atoms with Crippen molar-refractivity contribution < 1.29 is 14.7 Å². The molecule has 9 heteroatoms.